The van der Waals surface area contributed by atoms with Gasteiger partial charge in [0, 0.05) is 45.4 Å². The second-order valence-corrected chi connectivity index (χ2v) is 30.3. The molecule has 11 rings (SSSR count). The van der Waals surface area contributed by atoms with Crippen molar-refractivity contribution in [3.8, 4) is 11.1 Å². The topological polar surface area (TPSA) is 9.72 Å². The minimum absolute atomic E-state index is 0.000390. The first-order valence-corrected chi connectivity index (χ1v) is 29.7. The quantitative estimate of drug-likeness (QED) is 0.154. The predicted octanol–water partition coefficient (Wildman–Crippen LogP) is 19.7. The maximum absolute atomic E-state index is 2.71. The predicted molar refractivity (Wildman–Crippen MR) is 349 cm³/mol. The molecular weight excluding hydrogens is 966 g/mol. The van der Waals surface area contributed by atoms with Crippen molar-refractivity contribution in [1.82, 2.24) is 0 Å². The van der Waals surface area contributed by atoms with E-state index in [0.717, 1.165) is 35.6 Å². The van der Waals surface area contributed by atoms with Crippen molar-refractivity contribution >= 4 is 74.3 Å². The van der Waals surface area contributed by atoms with Crippen molar-refractivity contribution in [2.45, 2.75) is 182 Å². The van der Waals surface area contributed by atoms with Gasteiger partial charge in [0.05, 0.1) is 11.4 Å². The Labute approximate surface area is 482 Å². The summed E-state index contributed by atoms with van der Waals surface area (Å²) in [5, 5.41) is 0. The van der Waals surface area contributed by atoms with Crippen LogP contribution in [0.4, 0.5) is 51.2 Å². The highest BCUT2D eigenvalue weighted by molar-refractivity contribution is 7.00. The molecule has 0 fully saturated rings. The summed E-state index contributed by atoms with van der Waals surface area (Å²) in [6, 6.07) is 64.6. The third-order valence-corrected chi connectivity index (χ3v) is 18.3. The van der Waals surface area contributed by atoms with Gasteiger partial charge in [0.2, 0.25) is 0 Å². The van der Waals surface area contributed by atoms with Crippen molar-refractivity contribution in [2.75, 3.05) is 14.7 Å². The van der Waals surface area contributed by atoms with Gasteiger partial charge in [0.1, 0.15) is 0 Å². The highest BCUT2D eigenvalue weighted by Crippen LogP contribution is 2.54. The van der Waals surface area contributed by atoms with Crippen LogP contribution < -0.4 is 31.1 Å². The van der Waals surface area contributed by atoms with Gasteiger partial charge in [0.25, 0.3) is 6.71 Å². The van der Waals surface area contributed by atoms with Crippen LogP contribution in [-0.2, 0) is 37.9 Å². The molecule has 410 valence electrons. The number of benzene rings is 8. The molecular formula is C76H88BN3. The zero-order valence-corrected chi connectivity index (χ0v) is 51.9. The van der Waals surface area contributed by atoms with E-state index in [0.29, 0.717) is 0 Å². The summed E-state index contributed by atoms with van der Waals surface area (Å²) in [4.78, 5) is 7.85. The molecule has 8 aromatic carbocycles. The van der Waals surface area contributed by atoms with Crippen LogP contribution in [0.3, 0.4) is 0 Å². The number of hydrogen-bond donors (Lipinski definition) is 0. The molecule has 0 bridgehead atoms. The molecule has 0 saturated carbocycles. The van der Waals surface area contributed by atoms with Crippen LogP contribution in [0.1, 0.15) is 183 Å². The van der Waals surface area contributed by atoms with Crippen molar-refractivity contribution in [3.63, 3.8) is 0 Å². The summed E-state index contributed by atoms with van der Waals surface area (Å²) >= 11 is 0. The van der Waals surface area contributed by atoms with Crippen molar-refractivity contribution in [1.29, 1.82) is 0 Å². The molecule has 0 amide bonds. The second kappa shape index (κ2) is 18.9. The first-order valence-electron chi connectivity index (χ1n) is 29.7. The lowest BCUT2D eigenvalue weighted by Gasteiger charge is -2.48. The van der Waals surface area contributed by atoms with Crippen LogP contribution in [-0.4, -0.2) is 6.71 Å². The first kappa shape index (κ1) is 55.1. The normalized spacial score (nSPS) is 15.7. The molecule has 1 aliphatic carbocycles. The van der Waals surface area contributed by atoms with Crippen LogP contribution in [0.25, 0.3) is 11.1 Å². The molecule has 0 unspecified atom stereocenters. The van der Waals surface area contributed by atoms with Crippen LogP contribution in [0.5, 0.6) is 0 Å². The Kier molecular flexibility index (Phi) is 13.0. The summed E-state index contributed by atoms with van der Waals surface area (Å²) < 4.78 is 0. The van der Waals surface area contributed by atoms with Gasteiger partial charge in [-0.3, -0.25) is 0 Å². The number of anilines is 9. The minimum Gasteiger partial charge on any atom is -0.311 e. The van der Waals surface area contributed by atoms with E-state index in [-0.39, 0.29) is 44.6 Å². The molecule has 0 N–H and O–H groups in total. The van der Waals surface area contributed by atoms with E-state index < -0.39 is 0 Å². The lowest BCUT2D eigenvalue weighted by molar-refractivity contribution is 0.332. The molecule has 3 nitrogen and oxygen atoms in total. The molecule has 3 aliphatic rings. The number of rotatable bonds is 6. The van der Waals surface area contributed by atoms with E-state index in [2.05, 4.69) is 310 Å². The number of nitrogens with zero attached hydrogens (tertiary/aromatic N) is 3. The molecule has 4 heteroatoms. The maximum atomic E-state index is 2.71. The monoisotopic (exact) mass is 1050 g/mol. The van der Waals surface area contributed by atoms with Crippen LogP contribution in [0.2, 0.25) is 0 Å². The molecule has 0 aromatic heterocycles. The largest absolute Gasteiger partial charge is 0.311 e. The van der Waals surface area contributed by atoms with E-state index in [1.807, 2.05) is 0 Å². The Morgan fingerprint density at radius 3 is 1.26 bits per heavy atom. The Hall–Kier alpha value is -6.78. The zero-order valence-electron chi connectivity index (χ0n) is 51.9. The fraction of sp³-hybridized carbons (Fsp3) is 0.368. The summed E-state index contributed by atoms with van der Waals surface area (Å²) in [6.45, 7) is 44.8. The Morgan fingerprint density at radius 2 is 0.775 bits per heavy atom. The third kappa shape index (κ3) is 9.71. The molecule has 0 radical (unpaired) electrons. The Morgan fingerprint density at radius 1 is 0.362 bits per heavy atom. The summed E-state index contributed by atoms with van der Waals surface area (Å²) in [7, 11) is 0. The SMILES string of the molecule is CC(C)(C)c1ccc(N(c2ccc(C(C)(C)C)cc2)c2cc3c4c(c2)N(c2ccc(C(C)(C)C)cc2-c2ccccc2)c2cc5c(cc2B4c2cc(C(C)(C)C)ccc2N3c2ccc(C(C)(C)C)cc2)C(C)(C)CCC5(C)C)cc1. The molecule has 0 atom stereocenters. The summed E-state index contributed by atoms with van der Waals surface area (Å²) in [5.41, 5.74) is 26.5. The first-order chi connectivity index (χ1) is 37.3. The maximum Gasteiger partial charge on any atom is 0.252 e. The summed E-state index contributed by atoms with van der Waals surface area (Å²) in [5.74, 6) is 0. The third-order valence-electron chi connectivity index (χ3n) is 18.3. The van der Waals surface area contributed by atoms with E-state index in [4.69, 9.17) is 0 Å². The van der Waals surface area contributed by atoms with Gasteiger partial charge >= 0.3 is 0 Å². The highest BCUT2D eigenvalue weighted by atomic mass is 15.2. The van der Waals surface area contributed by atoms with E-state index in [9.17, 15) is 0 Å². The Bertz CT molecular complexity index is 3600. The van der Waals surface area contributed by atoms with E-state index >= 15 is 0 Å². The second-order valence-electron chi connectivity index (χ2n) is 30.3. The standard InChI is InChI=1S/C76H88BN3/c1-70(2,3)50-25-33-55(34-26-50)78(56-35-27-51(28-36-56)71(4,5)6)58-45-67-69-68(46-58)80(64-39-31-53(73(10,11)12)43-59(64)49-23-21-20-22-24-49)66-48-61-60(75(16,17)41-42-76(61,18)19)47-63(66)77(69)62-44-54(74(13,14)15)32-40-65(62)79(67)57-37-29-52(30-38-57)72(7,8)9/h20-40,43-48H,41-42H2,1-19H3. The fourth-order valence-corrected chi connectivity index (χ4v) is 13.0. The highest BCUT2D eigenvalue weighted by Gasteiger charge is 2.48. The number of hydrogen-bond acceptors (Lipinski definition) is 3. The molecule has 80 heavy (non-hydrogen) atoms. The van der Waals surface area contributed by atoms with Gasteiger partial charge in [-0.2, -0.15) is 0 Å². The number of fused-ring (bicyclic) bond motifs is 5. The van der Waals surface area contributed by atoms with E-state index in [1.54, 1.807) is 0 Å². The minimum atomic E-state index is -0.0719. The van der Waals surface area contributed by atoms with Crippen molar-refractivity contribution in [3.05, 3.63) is 203 Å². The van der Waals surface area contributed by atoms with Crippen LogP contribution >= 0.6 is 0 Å². The lowest BCUT2D eigenvalue weighted by Crippen LogP contribution is -2.62. The molecule has 0 spiro atoms. The average Bonchev–Trinajstić information content (AvgIpc) is 3.16. The van der Waals surface area contributed by atoms with Gasteiger partial charge in [-0.15, -0.1) is 0 Å². The fourth-order valence-electron chi connectivity index (χ4n) is 13.0. The van der Waals surface area contributed by atoms with Crippen LogP contribution in [0, 0.1) is 0 Å². The van der Waals surface area contributed by atoms with E-state index in [1.165, 1.54) is 94.9 Å². The van der Waals surface area contributed by atoms with Crippen LogP contribution in [0.15, 0.2) is 164 Å². The smallest absolute Gasteiger partial charge is 0.252 e. The van der Waals surface area contributed by atoms with Gasteiger partial charge in [-0.1, -0.05) is 223 Å². The van der Waals surface area contributed by atoms with Gasteiger partial charge in [0.15, 0.2) is 0 Å². The Balaban J connectivity index is 1.33. The van der Waals surface area contributed by atoms with Crippen molar-refractivity contribution in [2.24, 2.45) is 0 Å². The lowest BCUT2D eigenvalue weighted by atomic mass is 9.33. The molecule has 0 saturated heterocycles. The molecule has 8 aromatic rings. The van der Waals surface area contributed by atoms with Gasteiger partial charge in [-0.25, -0.2) is 0 Å². The van der Waals surface area contributed by atoms with Gasteiger partial charge < -0.3 is 14.7 Å². The van der Waals surface area contributed by atoms with Crippen molar-refractivity contribution < 1.29 is 0 Å². The zero-order chi connectivity index (χ0) is 57.4. The molecule has 2 heterocycles. The van der Waals surface area contributed by atoms with Gasteiger partial charge in [-0.05, 0) is 184 Å². The molecule has 2 aliphatic heterocycles. The summed E-state index contributed by atoms with van der Waals surface area (Å²) in [6.07, 6.45) is 2.28. The average molecular weight is 1050 g/mol.